The topological polar surface area (TPSA) is 17.1 Å². The Morgan fingerprint density at radius 1 is 0.810 bits per heavy atom. The molecule has 2 rings (SSSR count). The van der Waals surface area contributed by atoms with Gasteiger partial charge in [-0.3, -0.25) is 4.79 Å². The van der Waals surface area contributed by atoms with E-state index in [1.54, 1.807) is 25.1 Å². The van der Waals surface area contributed by atoms with Crippen LogP contribution in [-0.2, 0) is 0 Å². The lowest BCUT2D eigenvalue weighted by atomic mass is 9.86. The molecule has 0 aliphatic carbocycles. The molecule has 0 fully saturated rings. The molecule has 2 aromatic rings. The van der Waals surface area contributed by atoms with Gasteiger partial charge in [0.1, 0.15) is 5.82 Å². The third-order valence-electron chi connectivity index (χ3n) is 4.66. The number of carbonyl (C=O) groups is 1. The van der Waals surface area contributed by atoms with Crippen molar-refractivity contribution in [3.8, 4) is 0 Å². The molecule has 1 nitrogen and oxygen atoms in total. The van der Waals surface area contributed by atoms with E-state index in [4.69, 9.17) is 0 Å². The highest BCUT2D eigenvalue weighted by atomic mass is 19.1. The van der Waals surface area contributed by atoms with Crippen LogP contribution in [0.15, 0.2) is 18.2 Å². The van der Waals surface area contributed by atoms with Crippen molar-refractivity contribution in [1.82, 2.24) is 0 Å². The van der Waals surface area contributed by atoms with Crippen molar-refractivity contribution in [3.63, 3.8) is 0 Å². The zero-order valence-corrected chi connectivity index (χ0v) is 13.5. The molecule has 0 N–H and O–H groups in total. The van der Waals surface area contributed by atoms with E-state index < -0.39 is 5.82 Å². The zero-order chi connectivity index (χ0) is 15.9. The Hall–Kier alpha value is -1.96. The molecule has 0 heterocycles. The number of aryl methyl sites for hydroxylation is 1. The highest BCUT2D eigenvalue weighted by molar-refractivity contribution is 6.11. The fraction of sp³-hybridized carbons (Fsp3) is 0.316. The molecular weight excluding hydrogens is 263 g/mol. The van der Waals surface area contributed by atoms with Crippen molar-refractivity contribution in [1.29, 1.82) is 0 Å². The fourth-order valence-corrected chi connectivity index (χ4v) is 2.80. The molecule has 0 aliphatic rings. The highest BCUT2D eigenvalue weighted by Gasteiger charge is 2.22. The molecule has 0 saturated carbocycles. The monoisotopic (exact) mass is 284 g/mol. The molecule has 2 heteroatoms. The average Bonchev–Trinajstić information content (AvgIpc) is 2.46. The van der Waals surface area contributed by atoms with E-state index in [0.29, 0.717) is 11.1 Å². The first-order valence-electron chi connectivity index (χ1n) is 7.14. The van der Waals surface area contributed by atoms with Gasteiger partial charge in [0.25, 0.3) is 0 Å². The molecule has 21 heavy (non-hydrogen) atoms. The van der Waals surface area contributed by atoms with Crippen molar-refractivity contribution in [2.75, 3.05) is 0 Å². The van der Waals surface area contributed by atoms with Crippen molar-refractivity contribution < 1.29 is 9.18 Å². The Balaban J connectivity index is 2.73. The largest absolute Gasteiger partial charge is 0.288 e. The van der Waals surface area contributed by atoms with Crippen molar-refractivity contribution in [2.45, 2.75) is 41.5 Å². The van der Waals surface area contributed by atoms with E-state index in [2.05, 4.69) is 6.92 Å². The predicted octanol–water partition coefficient (Wildman–Crippen LogP) is 4.91. The van der Waals surface area contributed by atoms with E-state index in [9.17, 15) is 9.18 Å². The van der Waals surface area contributed by atoms with Crippen molar-refractivity contribution in [3.05, 3.63) is 68.5 Å². The molecule has 0 spiro atoms. The van der Waals surface area contributed by atoms with Crippen LogP contribution in [0.1, 0.15) is 49.3 Å². The summed E-state index contributed by atoms with van der Waals surface area (Å²) in [5.41, 5.74) is 6.60. The van der Waals surface area contributed by atoms with Gasteiger partial charge in [0.2, 0.25) is 0 Å². The lowest BCUT2D eigenvalue weighted by molar-refractivity contribution is 0.103. The normalized spacial score (nSPS) is 10.8. The van der Waals surface area contributed by atoms with Crippen molar-refractivity contribution in [2.24, 2.45) is 0 Å². The third kappa shape index (κ3) is 2.39. The van der Waals surface area contributed by atoms with Crippen LogP contribution >= 0.6 is 0 Å². The maximum atomic E-state index is 14.3. The average molecular weight is 284 g/mol. The second-order valence-electron chi connectivity index (χ2n) is 5.77. The Labute approximate surface area is 125 Å². The number of ketones is 1. The number of halogens is 1. The van der Waals surface area contributed by atoms with Crippen LogP contribution in [-0.4, -0.2) is 5.78 Å². The van der Waals surface area contributed by atoms with Gasteiger partial charge in [-0.25, -0.2) is 4.39 Å². The summed E-state index contributed by atoms with van der Waals surface area (Å²) >= 11 is 0. The van der Waals surface area contributed by atoms with Crippen molar-refractivity contribution >= 4 is 5.78 Å². The maximum absolute atomic E-state index is 14.3. The van der Waals surface area contributed by atoms with E-state index in [0.717, 1.165) is 22.3 Å². The van der Waals surface area contributed by atoms with Gasteiger partial charge in [-0.1, -0.05) is 12.1 Å². The smallest absolute Gasteiger partial charge is 0.196 e. The van der Waals surface area contributed by atoms with Gasteiger partial charge >= 0.3 is 0 Å². The van der Waals surface area contributed by atoms with E-state index in [1.807, 2.05) is 27.7 Å². The minimum Gasteiger partial charge on any atom is -0.288 e. The lowest BCUT2D eigenvalue weighted by Crippen LogP contribution is -2.12. The molecular formula is C19H21FO. The molecule has 0 radical (unpaired) electrons. The summed E-state index contributed by atoms with van der Waals surface area (Å²) in [7, 11) is 0. The van der Waals surface area contributed by atoms with Gasteiger partial charge in [0.15, 0.2) is 5.78 Å². The quantitative estimate of drug-likeness (QED) is 0.716. The first-order valence-corrected chi connectivity index (χ1v) is 7.14. The molecule has 0 aromatic heterocycles. The van der Waals surface area contributed by atoms with Crippen LogP contribution in [0.4, 0.5) is 4.39 Å². The minimum atomic E-state index is -0.419. The van der Waals surface area contributed by atoms with Crippen LogP contribution in [0.5, 0.6) is 0 Å². The zero-order valence-electron chi connectivity index (χ0n) is 13.5. The number of carbonyl (C=O) groups excluding carboxylic acids is 1. The van der Waals surface area contributed by atoms with Crippen LogP contribution in [0.25, 0.3) is 0 Å². The van der Waals surface area contributed by atoms with Crippen LogP contribution in [0.3, 0.4) is 0 Å². The molecule has 0 aliphatic heterocycles. The fourth-order valence-electron chi connectivity index (χ4n) is 2.80. The van der Waals surface area contributed by atoms with E-state index in [-0.39, 0.29) is 11.3 Å². The van der Waals surface area contributed by atoms with Crippen LogP contribution < -0.4 is 0 Å². The Morgan fingerprint density at radius 3 is 1.81 bits per heavy atom. The van der Waals surface area contributed by atoms with Gasteiger partial charge in [0, 0.05) is 5.56 Å². The predicted molar refractivity (Wildman–Crippen MR) is 84.7 cm³/mol. The Kier molecular flexibility index (Phi) is 3.99. The Morgan fingerprint density at radius 2 is 1.29 bits per heavy atom. The summed E-state index contributed by atoms with van der Waals surface area (Å²) in [5.74, 6) is -0.644. The summed E-state index contributed by atoms with van der Waals surface area (Å²) in [6.45, 7) is 11.6. The van der Waals surface area contributed by atoms with E-state index in [1.165, 1.54) is 5.56 Å². The lowest BCUT2D eigenvalue weighted by Gasteiger charge is -2.18. The molecule has 0 atom stereocenters. The molecule has 0 bridgehead atoms. The standard InChI is InChI=1S/C19H21FO/c1-10-8-7-9-16(18(10)20)19(21)17-14(5)12(3)11(2)13(4)15(17)6/h7-9H,1-6H3. The molecule has 2 aromatic carbocycles. The summed E-state index contributed by atoms with van der Waals surface area (Å²) in [4.78, 5) is 12.8. The second kappa shape index (κ2) is 5.44. The maximum Gasteiger partial charge on any atom is 0.196 e. The molecule has 0 saturated heterocycles. The molecule has 110 valence electrons. The second-order valence-corrected chi connectivity index (χ2v) is 5.77. The first kappa shape index (κ1) is 15.4. The van der Waals surface area contributed by atoms with Gasteiger partial charge in [0.05, 0.1) is 5.56 Å². The Bertz CT molecular complexity index is 713. The summed E-state index contributed by atoms with van der Waals surface area (Å²) in [6, 6.07) is 4.97. The van der Waals surface area contributed by atoms with Crippen LogP contribution in [0.2, 0.25) is 0 Å². The third-order valence-corrected chi connectivity index (χ3v) is 4.66. The highest BCUT2D eigenvalue weighted by Crippen LogP contribution is 2.28. The number of benzene rings is 2. The SMILES string of the molecule is Cc1cccc(C(=O)c2c(C)c(C)c(C)c(C)c2C)c1F. The number of hydrogen-bond acceptors (Lipinski definition) is 1. The summed E-state index contributed by atoms with van der Waals surface area (Å²) in [5, 5.41) is 0. The summed E-state index contributed by atoms with van der Waals surface area (Å²) < 4.78 is 14.3. The van der Waals surface area contributed by atoms with Gasteiger partial charge in [-0.2, -0.15) is 0 Å². The van der Waals surface area contributed by atoms with Gasteiger partial charge in [-0.05, 0) is 81.0 Å². The van der Waals surface area contributed by atoms with Crippen LogP contribution in [0, 0.1) is 47.4 Å². The molecule has 0 unspecified atom stereocenters. The summed E-state index contributed by atoms with van der Waals surface area (Å²) in [6.07, 6.45) is 0. The van der Waals surface area contributed by atoms with Gasteiger partial charge < -0.3 is 0 Å². The van der Waals surface area contributed by atoms with E-state index >= 15 is 0 Å². The molecule has 0 amide bonds. The minimum absolute atomic E-state index is 0.156. The number of hydrogen-bond donors (Lipinski definition) is 0. The first-order chi connectivity index (χ1) is 9.77. The van der Waals surface area contributed by atoms with Gasteiger partial charge in [-0.15, -0.1) is 0 Å². The number of rotatable bonds is 2.